The first kappa shape index (κ1) is 19.0. The number of nitrogens with one attached hydrogen (secondary N) is 2. The number of carbonyl (C=O) groups is 1. The molecule has 0 aromatic heterocycles. The van der Waals surface area contributed by atoms with Gasteiger partial charge in [-0.3, -0.25) is 9.52 Å². The Morgan fingerprint density at radius 2 is 1.84 bits per heavy atom. The topological polar surface area (TPSA) is 84.5 Å². The maximum Gasteiger partial charge on any atom is 0.261 e. The summed E-state index contributed by atoms with van der Waals surface area (Å²) >= 11 is 0. The first-order chi connectivity index (χ1) is 12.0. The fourth-order valence-electron chi connectivity index (χ4n) is 2.16. The Balaban J connectivity index is 2.00. The Hall–Kier alpha value is -2.38. The van der Waals surface area contributed by atoms with E-state index in [0.717, 1.165) is 6.42 Å². The van der Waals surface area contributed by atoms with Crippen LogP contribution in [-0.4, -0.2) is 34.1 Å². The quantitative estimate of drug-likeness (QED) is 0.672. The minimum atomic E-state index is -3.68. The highest BCUT2D eigenvalue weighted by molar-refractivity contribution is 7.92. The van der Waals surface area contributed by atoms with Crippen LogP contribution in [0.4, 0.5) is 5.69 Å². The number of carbonyl (C=O) groups excluding carboxylic acids is 1. The summed E-state index contributed by atoms with van der Waals surface area (Å²) in [5, 5.41) is 2.78. The molecule has 2 N–H and O–H groups in total. The third-order valence-electron chi connectivity index (χ3n) is 3.39. The molecule has 1 amide bonds. The first-order valence-electron chi connectivity index (χ1n) is 8.07. The third kappa shape index (κ3) is 5.88. The van der Waals surface area contributed by atoms with Crippen molar-refractivity contribution in [3.8, 4) is 0 Å². The molecule has 0 saturated heterocycles. The molecule has 0 heterocycles. The second kappa shape index (κ2) is 9.19. The number of amides is 1. The van der Waals surface area contributed by atoms with Crippen LogP contribution in [0.1, 0.15) is 23.7 Å². The normalized spacial score (nSPS) is 11.1. The van der Waals surface area contributed by atoms with E-state index in [1.807, 2.05) is 6.92 Å². The molecule has 0 unspecified atom stereocenters. The van der Waals surface area contributed by atoms with Crippen molar-refractivity contribution in [2.24, 2.45) is 0 Å². The van der Waals surface area contributed by atoms with Crippen molar-refractivity contribution in [1.29, 1.82) is 0 Å². The molecule has 0 atom stereocenters. The fraction of sp³-hybridized carbons (Fsp3) is 0.278. The van der Waals surface area contributed by atoms with Gasteiger partial charge in [-0.05, 0) is 43.7 Å². The molecule has 0 saturated carbocycles. The van der Waals surface area contributed by atoms with Gasteiger partial charge in [0, 0.05) is 31.0 Å². The summed E-state index contributed by atoms with van der Waals surface area (Å²) in [5.41, 5.74) is 0.732. The monoisotopic (exact) mass is 362 g/mol. The van der Waals surface area contributed by atoms with Gasteiger partial charge in [0.1, 0.15) is 0 Å². The zero-order chi connectivity index (χ0) is 18.1. The van der Waals surface area contributed by atoms with E-state index in [4.69, 9.17) is 4.74 Å². The van der Waals surface area contributed by atoms with Crippen LogP contribution in [0.2, 0.25) is 0 Å². The van der Waals surface area contributed by atoms with Crippen LogP contribution in [-0.2, 0) is 14.8 Å². The van der Waals surface area contributed by atoms with Crippen LogP contribution in [0.5, 0.6) is 0 Å². The summed E-state index contributed by atoms with van der Waals surface area (Å²) in [6.45, 7) is 3.66. The molecule has 0 aliphatic carbocycles. The van der Waals surface area contributed by atoms with E-state index in [9.17, 15) is 13.2 Å². The summed E-state index contributed by atoms with van der Waals surface area (Å²) in [6, 6.07) is 14.5. The number of benzene rings is 2. The number of anilines is 1. The standard InChI is InChI=1S/C18H22N2O4S/c1-2-24-13-7-12-19-18(21)15-8-6-9-16(14-15)20-25(22,23)17-10-4-3-5-11-17/h3-6,8-11,14,20H,2,7,12-13H2,1H3,(H,19,21). The maximum atomic E-state index is 12.3. The van der Waals surface area contributed by atoms with E-state index in [0.29, 0.717) is 31.0 Å². The van der Waals surface area contributed by atoms with Crippen LogP contribution in [0, 0.1) is 0 Å². The van der Waals surface area contributed by atoms with E-state index >= 15 is 0 Å². The Kier molecular flexibility index (Phi) is 6.97. The van der Waals surface area contributed by atoms with Crippen molar-refractivity contribution in [3.63, 3.8) is 0 Å². The predicted octanol–water partition coefficient (Wildman–Crippen LogP) is 2.64. The second-order valence-electron chi connectivity index (χ2n) is 5.31. The summed E-state index contributed by atoms with van der Waals surface area (Å²) in [4.78, 5) is 12.3. The molecular formula is C18H22N2O4S. The lowest BCUT2D eigenvalue weighted by atomic mass is 10.2. The lowest BCUT2D eigenvalue weighted by Crippen LogP contribution is -2.25. The highest BCUT2D eigenvalue weighted by atomic mass is 32.2. The molecule has 2 rings (SSSR count). The van der Waals surface area contributed by atoms with E-state index in [1.54, 1.807) is 36.4 Å². The number of hydrogen-bond acceptors (Lipinski definition) is 4. The molecule has 2 aromatic rings. The smallest absolute Gasteiger partial charge is 0.261 e. The van der Waals surface area contributed by atoms with Crippen molar-refractivity contribution >= 4 is 21.6 Å². The van der Waals surface area contributed by atoms with Gasteiger partial charge in [0.2, 0.25) is 0 Å². The molecule has 134 valence electrons. The average molecular weight is 362 g/mol. The molecule has 6 nitrogen and oxygen atoms in total. The molecule has 0 aliphatic heterocycles. The predicted molar refractivity (Wildman–Crippen MR) is 97.1 cm³/mol. The molecule has 0 spiro atoms. The van der Waals surface area contributed by atoms with Gasteiger partial charge in [-0.2, -0.15) is 0 Å². The van der Waals surface area contributed by atoms with E-state index in [2.05, 4.69) is 10.0 Å². The van der Waals surface area contributed by atoms with Gasteiger partial charge in [0.15, 0.2) is 0 Å². The molecular weight excluding hydrogens is 340 g/mol. The van der Waals surface area contributed by atoms with Gasteiger partial charge in [0.05, 0.1) is 4.90 Å². The zero-order valence-corrected chi connectivity index (χ0v) is 14.9. The van der Waals surface area contributed by atoms with Crippen LogP contribution >= 0.6 is 0 Å². The minimum Gasteiger partial charge on any atom is -0.382 e. The van der Waals surface area contributed by atoms with E-state index in [1.165, 1.54) is 18.2 Å². The molecule has 0 fully saturated rings. The van der Waals surface area contributed by atoms with Crippen molar-refractivity contribution in [3.05, 3.63) is 60.2 Å². The van der Waals surface area contributed by atoms with Gasteiger partial charge in [-0.1, -0.05) is 24.3 Å². The lowest BCUT2D eigenvalue weighted by molar-refractivity contribution is 0.0944. The van der Waals surface area contributed by atoms with Crippen molar-refractivity contribution < 1.29 is 17.9 Å². The summed E-state index contributed by atoms with van der Waals surface area (Å²) < 4.78 is 32.4. The molecule has 0 radical (unpaired) electrons. The largest absolute Gasteiger partial charge is 0.382 e. The first-order valence-corrected chi connectivity index (χ1v) is 9.55. The average Bonchev–Trinajstić information content (AvgIpc) is 2.62. The molecule has 0 aliphatic rings. The number of sulfonamides is 1. The summed E-state index contributed by atoms with van der Waals surface area (Å²) in [5.74, 6) is -0.253. The Labute approximate surface area is 148 Å². The number of ether oxygens (including phenoxy) is 1. The molecule has 7 heteroatoms. The van der Waals surface area contributed by atoms with Gasteiger partial charge in [-0.15, -0.1) is 0 Å². The zero-order valence-electron chi connectivity index (χ0n) is 14.1. The highest BCUT2D eigenvalue weighted by Crippen LogP contribution is 2.17. The number of hydrogen-bond donors (Lipinski definition) is 2. The van der Waals surface area contributed by atoms with Crippen LogP contribution < -0.4 is 10.0 Å². The Morgan fingerprint density at radius 1 is 1.08 bits per heavy atom. The minimum absolute atomic E-state index is 0.167. The third-order valence-corrected chi connectivity index (χ3v) is 4.78. The SMILES string of the molecule is CCOCCCNC(=O)c1cccc(NS(=O)(=O)c2ccccc2)c1. The van der Waals surface area contributed by atoms with Crippen molar-refractivity contribution in [2.45, 2.75) is 18.2 Å². The lowest BCUT2D eigenvalue weighted by Gasteiger charge is -2.10. The summed E-state index contributed by atoms with van der Waals surface area (Å²) in [6.07, 6.45) is 0.722. The van der Waals surface area contributed by atoms with E-state index < -0.39 is 10.0 Å². The second-order valence-corrected chi connectivity index (χ2v) is 6.99. The highest BCUT2D eigenvalue weighted by Gasteiger charge is 2.14. The molecule has 0 bridgehead atoms. The molecule has 25 heavy (non-hydrogen) atoms. The van der Waals surface area contributed by atoms with Crippen molar-refractivity contribution in [2.75, 3.05) is 24.5 Å². The van der Waals surface area contributed by atoms with Gasteiger partial charge < -0.3 is 10.1 Å². The summed E-state index contributed by atoms with van der Waals surface area (Å²) in [7, 11) is -3.68. The number of rotatable bonds is 9. The maximum absolute atomic E-state index is 12.3. The van der Waals surface area contributed by atoms with E-state index in [-0.39, 0.29) is 10.8 Å². The Bertz CT molecular complexity index is 792. The van der Waals surface area contributed by atoms with Crippen LogP contribution in [0.25, 0.3) is 0 Å². The molecule has 2 aromatic carbocycles. The Morgan fingerprint density at radius 3 is 2.56 bits per heavy atom. The van der Waals surface area contributed by atoms with Gasteiger partial charge in [-0.25, -0.2) is 8.42 Å². The van der Waals surface area contributed by atoms with Gasteiger partial charge >= 0.3 is 0 Å². The van der Waals surface area contributed by atoms with Crippen LogP contribution in [0.15, 0.2) is 59.5 Å². The van der Waals surface area contributed by atoms with Crippen LogP contribution in [0.3, 0.4) is 0 Å². The van der Waals surface area contributed by atoms with Crippen molar-refractivity contribution in [1.82, 2.24) is 5.32 Å². The van der Waals surface area contributed by atoms with Gasteiger partial charge in [0.25, 0.3) is 15.9 Å². The fourth-order valence-corrected chi connectivity index (χ4v) is 3.23.